The van der Waals surface area contributed by atoms with Crippen LogP contribution in [0.2, 0.25) is 0 Å². The number of hydrogen-bond acceptors (Lipinski definition) is 4. The van der Waals surface area contributed by atoms with Crippen molar-refractivity contribution in [3.63, 3.8) is 0 Å². The predicted octanol–water partition coefficient (Wildman–Crippen LogP) is 2.94. The van der Waals surface area contributed by atoms with E-state index in [0.29, 0.717) is 5.69 Å². The zero-order chi connectivity index (χ0) is 18.9. The fourth-order valence-electron chi connectivity index (χ4n) is 3.18. The quantitative estimate of drug-likeness (QED) is 0.654. The first kappa shape index (κ1) is 21.2. The fourth-order valence-corrected chi connectivity index (χ4v) is 3.86. The van der Waals surface area contributed by atoms with Gasteiger partial charge < -0.3 is 15.6 Å². The molecule has 146 valence electrons. The van der Waals surface area contributed by atoms with Crippen LogP contribution in [0.1, 0.15) is 13.3 Å². The van der Waals surface area contributed by atoms with E-state index in [-0.39, 0.29) is 30.5 Å². The van der Waals surface area contributed by atoms with Gasteiger partial charge in [0.2, 0.25) is 5.91 Å². The fraction of sp³-hybridized carbons (Fsp3) is 0.316. The summed E-state index contributed by atoms with van der Waals surface area (Å²) in [5.41, 5.74) is 8.73. The van der Waals surface area contributed by atoms with E-state index < -0.39 is 15.9 Å². The number of para-hydroxylation sites is 1. The van der Waals surface area contributed by atoms with E-state index in [1.807, 2.05) is 30.3 Å². The number of aromatic nitrogens is 1. The van der Waals surface area contributed by atoms with Gasteiger partial charge in [-0.1, -0.05) is 18.2 Å². The lowest BCUT2D eigenvalue weighted by molar-refractivity contribution is -0.117. The average molecular weight is 410 g/mol. The summed E-state index contributed by atoms with van der Waals surface area (Å²) >= 11 is 0. The van der Waals surface area contributed by atoms with Gasteiger partial charge in [-0.2, -0.15) is 0 Å². The second-order valence-corrected chi connectivity index (χ2v) is 8.77. The van der Waals surface area contributed by atoms with Crippen LogP contribution in [0.5, 0.6) is 0 Å². The Morgan fingerprint density at radius 3 is 2.48 bits per heavy atom. The zero-order valence-electron chi connectivity index (χ0n) is 15.3. The van der Waals surface area contributed by atoms with Crippen LogP contribution in [0.15, 0.2) is 42.5 Å². The van der Waals surface area contributed by atoms with Crippen LogP contribution in [0, 0.1) is 0 Å². The van der Waals surface area contributed by atoms with Crippen LogP contribution in [0.4, 0.5) is 5.69 Å². The zero-order valence-corrected chi connectivity index (χ0v) is 16.9. The molecule has 0 fully saturated rings. The highest BCUT2D eigenvalue weighted by Gasteiger charge is 2.17. The van der Waals surface area contributed by atoms with Gasteiger partial charge in [-0.15, -0.1) is 12.4 Å². The summed E-state index contributed by atoms with van der Waals surface area (Å²) in [5.74, 6) is -0.489. The number of halogens is 1. The number of benzene rings is 2. The van der Waals surface area contributed by atoms with Crippen molar-refractivity contribution < 1.29 is 13.2 Å². The summed E-state index contributed by atoms with van der Waals surface area (Å²) in [5, 5.41) is 4.98. The molecule has 1 amide bonds. The molecule has 0 aliphatic rings. The van der Waals surface area contributed by atoms with E-state index in [4.69, 9.17) is 5.73 Å². The van der Waals surface area contributed by atoms with Crippen molar-refractivity contribution in [2.24, 2.45) is 5.73 Å². The largest absolute Gasteiger partial charge is 0.341 e. The lowest BCUT2D eigenvalue weighted by atomic mass is 10.1. The molecule has 0 aliphatic heterocycles. The third-order valence-electron chi connectivity index (χ3n) is 4.49. The van der Waals surface area contributed by atoms with Crippen molar-refractivity contribution >= 4 is 55.6 Å². The molecule has 0 radical (unpaired) electrons. The molecule has 0 spiro atoms. The standard InChI is InChI=1S/C19H23N3O3S.ClH/c1-3-22-17-7-5-4-6-14(17)15-12-13(8-9-18(15)22)21-19(23)16(20)10-11-26(2,24)25;/h4-9,12,16H,3,10-11,20H2,1-2H3,(H,21,23);1H. The van der Waals surface area contributed by atoms with Crippen LogP contribution in [-0.2, 0) is 21.2 Å². The smallest absolute Gasteiger partial charge is 0.241 e. The summed E-state index contributed by atoms with van der Waals surface area (Å²) < 4.78 is 24.7. The lowest BCUT2D eigenvalue weighted by Crippen LogP contribution is -2.37. The second-order valence-electron chi connectivity index (χ2n) is 6.51. The number of amides is 1. The summed E-state index contributed by atoms with van der Waals surface area (Å²) in [4.78, 5) is 12.3. The molecule has 3 rings (SSSR count). The maximum Gasteiger partial charge on any atom is 0.241 e. The molecule has 2 aromatic carbocycles. The SMILES string of the molecule is CCn1c2ccccc2c2cc(NC(=O)C(N)CCS(C)(=O)=O)ccc21.Cl. The minimum Gasteiger partial charge on any atom is -0.341 e. The van der Waals surface area contributed by atoms with E-state index in [9.17, 15) is 13.2 Å². The summed E-state index contributed by atoms with van der Waals surface area (Å²) in [6.45, 7) is 2.95. The highest BCUT2D eigenvalue weighted by molar-refractivity contribution is 7.90. The Hall–Kier alpha value is -2.09. The molecule has 0 saturated heterocycles. The Morgan fingerprint density at radius 1 is 1.15 bits per heavy atom. The molecule has 1 heterocycles. The maximum absolute atomic E-state index is 12.3. The number of anilines is 1. The van der Waals surface area contributed by atoms with Gasteiger partial charge >= 0.3 is 0 Å². The number of hydrogen-bond donors (Lipinski definition) is 2. The summed E-state index contributed by atoms with van der Waals surface area (Å²) in [6, 6.07) is 13.0. The molecule has 1 atom stereocenters. The van der Waals surface area contributed by atoms with Gasteiger partial charge in [0, 0.05) is 40.3 Å². The molecular weight excluding hydrogens is 386 g/mol. The maximum atomic E-state index is 12.3. The van der Waals surface area contributed by atoms with E-state index >= 15 is 0 Å². The topological polar surface area (TPSA) is 94.2 Å². The van der Waals surface area contributed by atoms with Gasteiger partial charge in [0.25, 0.3) is 0 Å². The molecule has 3 aromatic rings. The number of rotatable bonds is 6. The molecule has 0 bridgehead atoms. The van der Waals surface area contributed by atoms with Crippen molar-refractivity contribution in [1.82, 2.24) is 4.57 Å². The Bertz CT molecular complexity index is 1080. The normalized spacial score (nSPS) is 12.7. The van der Waals surface area contributed by atoms with Crippen LogP contribution >= 0.6 is 12.4 Å². The van der Waals surface area contributed by atoms with E-state index in [2.05, 4.69) is 28.9 Å². The van der Waals surface area contributed by atoms with Crippen LogP contribution < -0.4 is 11.1 Å². The monoisotopic (exact) mass is 409 g/mol. The second kappa shape index (κ2) is 8.29. The highest BCUT2D eigenvalue weighted by atomic mass is 35.5. The molecule has 1 unspecified atom stereocenters. The number of fused-ring (bicyclic) bond motifs is 3. The molecule has 6 nitrogen and oxygen atoms in total. The first-order valence-electron chi connectivity index (χ1n) is 8.55. The average Bonchev–Trinajstić information content (AvgIpc) is 2.92. The number of sulfone groups is 1. The first-order chi connectivity index (χ1) is 12.3. The van der Waals surface area contributed by atoms with Crippen LogP contribution in [0.25, 0.3) is 21.8 Å². The molecule has 27 heavy (non-hydrogen) atoms. The Morgan fingerprint density at radius 2 is 1.81 bits per heavy atom. The Labute approximate surface area is 165 Å². The predicted molar refractivity (Wildman–Crippen MR) is 113 cm³/mol. The number of carbonyl (C=O) groups is 1. The van der Waals surface area contributed by atoms with Crippen molar-refractivity contribution in [2.45, 2.75) is 25.9 Å². The molecule has 0 aliphatic carbocycles. The molecule has 1 aromatic heterocycles. The third-order valence-corrected chi connectivity index (χ3v) is 5.47. The first-order valence-corrected chi connectivity index (χ1v) is 10.6. The van der Waals surface area contributed by atoms with E-state index in [1.165, 1.54) is 0 Å². The van der Waals surface area contributed by atoms with Crippen LogP contribution in [0.3, 0.4) is 0 Å². The van der Waals surface area contributed by atoms with Gasteiger partial charge in [0.1, 0.15) is 9.84 Å². The minimum absolute atomic E-state index is 0. The van der Waals surface area contributed by atoms with Gasteiger partial charge in [-0.3, -0.25) is 4.79 Å². The number of aryl methyl sites for hydroxylation is 1. The summed E-state index contributed by atoms with van der Waals surface area (Å²) in [7, 11) is -3.14. The van der Waals surface area contributed by atoms with Gasteiger partial charge in [0.15, 0.2) is 0 Å². The van der Waals surface area contributed by atoms with Crippen LogP contribution in [-0.4, -0.2) is 36.9 Å². The number of nitrogens with two attached hydrogens (primary N) is 1. The molecule has 0 saturated carbocycles. The molecule has 8 heteroatoms. The molecule has 3 N–H and O–H groups in total. The Balaban J connectivity index is 0.00000261. The highest BCUT2D eigenvalue weighted by Crippen LogP contribution is 2.30. The minimum atomic E-state index is -3.14. The van der Waals surface area contributed by atoms with Crippen molar-refractivity contribution in [3.05, 3.63) is 42.5 Å². The van der Waals surface area contributed by atoms with Crippen molar-refractivity contribution in [3.8, 4) is 0 Å². The van der Waals surface area contributed by atoms with Crippen molar-refractivity contribution in [2.75, 3.05) is 17.3 Å². The molecular formula is C19H24ClN3O3S. The van der Waals surface area contributed by atoms with Gasteiger partial charge in [-0.25, -0.2) is 8.42 Å². The lowest BCUT2D eigenvalue weighted by Gasteiger charge is -2.12. The van der Waals surface area contributed by atoms with Gasteiger partial charge in [-0.05, 0) is 37.6 Å². The summed E-state index contributed by atoms with van der Waals surface area (Å²) in [6.07, 6.45) is 1.23. The number of carbonyl (C=O) groups excluding carboxylic acids is 1. The third kappa shape index (κ3) is 4.61. The Kier molecular flexibility index (Phi) is 6.51. The van der Waals surface area contributed by atoms with Gasteiger partial charge in [0.05, 0.1) is 11.8 Å². The number of nitrogens with one attached hydrogen (secondary N) is 1. The van der Waals surface area contributed by atoms with Crippen molar-refractivity contribution in [1.29, 1.82) is 0 Å². The van der Waals surface area contributed by atoms with E-state index in [1.54, 1.807) is 0 Å². The number of nitrogens with zero attached hydrogens (tertiary/aromatic N) is 1. The van der Waals surface area contributed by atoms with E-state index in [0.717, 1.165) is 34.6 Å².